The van der Waals surface area contributed by atoms with Crippen molar-refractivity contribution in [3.63, 3.8) is 0 Å². The van der Waals surface area contributed by atoms with Gasteiger partial charge in [-0.25, -0.2) is 4.79 Å². The number of aliphatic carboxylic acids is 1. The SMILES string of the molecule is CCc1c(C(=O)NC(CC2CC2)C(=O)O)[nH]c(C)c1C(C)=O. The lowest BCUT2D eigenvalue weighted by Crippen LogP contribution is -2.41. The maximum Gasteiger partial charge on any atom is 0.326 e. The standard InChI is InChI=1S/C16H22N2O4/c1-4-11-13(9(3)19)8(2)17-14(11)15(20)18-12(16(21)22)7-10-5-6-10/h10,12,17H,4-7H2,1-3H3,(H,18,20)(H,21,22). The molecule has 0 spiro atoms. The Morgan fingerprint density at radius 3 is 2.45 bits per heavy atom. The maximum absolute atomic E-state index is 12.4. The molecule has 1 aliphatic rings. The van der Waals surface area contributed by atoms with Gasteiger partial charge >= 0.3 is 5.97 Å². The van der Waals surface area contributed by atoms with Gasteiger partial charge in [-0.1, -0.05) is 19.8 Å². The Balaban J connectivity index is 2.22. The Morgan fingerprint density at radius 1 is 1.36 bits per heavy atom. The van der Waals surface area contributed by atoms with Crippen molar-refractivity contribution in [2.24, 2.45) is 5.92 Å². The fourth-order valence-corrected chi connectivity index (χ4v) is 2.84. The van der Waals surface area contributed by atoms with E-state index in [4.69, 9.17) is 0 Å². The van der Waals surface area contributed by atoms with Crippen molar-refractivity contribution in [3.05, 3.63) is 22.5 Å². The van der Waals surface area contributed by atoms with E-state index in [1.54, 1.807) is 6.92 Å². The third-order valence-electron chi connectivity index (χ3n) is 4.09. The third-order valence-corrected chi connectivity index (χ3v) is 4.09. The number of carboxylic acids is 1. The predicted octanol–water partition coefficient (Wildman–Crippen LogP) is 2.07. The fourth-order valence-electron chi connectivity index (χ4n) is 2.84. The molecule has 1 unspecified atom stereocenters. The van der Waals surface area contributed by atoms with Crippen LogP contribution in [0, 0.1) is 12.8 Å². The molecule has 0 radical (unpaired) electrons. The number of Topliss-reactive ketones (excluding diaryl/α,β-unsaturated/α-hetero) is 1. The quantitative estimate of drug-likeness (QED) is 0.671. The first-order chi connectivity index (χ1) is 10.3. The van der Waals surface area contributed by atoms with Gasteiger partial charge in [0, 0.05) is 11.3 Å². The van der Waals surface area contributed by atoms with Crippen LogP contribution in [0.5, 0.6) is 0 Å². The molecule has 3 N–H and O–H groups in total. The van der Waals surface area contributed by atoms with E-state index < -0.39 is 17.9 Å². The number of carbonyl (C=O) groups excluding carboxylic acids is 2. The van der Waals surface area contributed by atoms with Crippen LogP contribution in [0.25, 0.3) is 0 Å². The maximum atomic E-state index is 12.4. The number of aromatic nitrogens is 1. The molecule has 0 saturated heterocycles. The second-order valence-electron chi connectivity index (χ2n) is 5.93. The molecule has 1 aliphatic carbocycles. The number of H-pyrrole nitrogens is 1. The molecule has 0 aliphatic heterocycles. The minimum absolute atomic E-state index is 0.0996. The van der Waals surface area contributed by atoms with Crippen molar-refractivity contribution in [1.82, 2.24) is 10.3 Å². The zero-order valence-corrected chi connectivity index (χ0v) is 13.2. The lowest BCUT2D eigenvalue weighted by molar-refractivity contribution is -0.139. The van der Waals surface area contributed by atoms with E-state index in [1.807, 2.05) is 6.92 Å². The number of amides is 1. The first kappa shape index (κ1) is 16.3. The number of carboxylic acid groups (broad SMARTS) is 1. The van der Waals surface area contributed by atoms with Crippen LogP contribution in [-0.4, -0.2) is 33.8 Å². The van der Waals surface area contributed by atoms with Gasteiger partial charge in [-0.2, -0.15) is 0 Å². The first-order valence-corrected chi connectivity index (χ1v) is 7.61. The van der Waals surface area contributed by atoms with Crippen molar-refractivity contribution >= 4 is 17.7 Å². The van der Waals surface area contributed by atoms with E-state index in [2.05, 4.69) is 10.3 Å². The Morgan fingerprint density at radius 2 is 2.00 bits per heavy atom. The number of nitrogens with one attached hydrogen (secondary N) is 2. The van der Waals surface area contributed by atoms with Gasteiger partial charge in [0.2, 0.25) is 0 Å². The summed E-state index contributed by atoms with van der Waals surface area (Å²) in [6, 6.07) is -0.880. The Labute approximate surface area is 129 Å². The van der Waals surface area contributed by atoms with Crippen LogP contribution >= 0.6 is 0 Å². The summed E-state index contributed by atoms with van der Waals surface area (Å²) in [7, 11) is 0. The smallest absolute Gasteiger partial charge is 0.326 e. The molecule has 1 aromatic rings. The molecule has 1 fully saturated rings. The summed E-state index contributed by atoms with van der Waals surface area (Å²) < 4.78 is 0. The Hall–Kier alpha value is -2.11. The molecular weight excluding hydrogens is 284 g/mol. The van der Waals surface area contributed by atoms with Gasteiger partial charge in [0.15, 0.2) is 5.78 Å². The third kappa shape index (κ3) is 3.37. The molecule has 1 heterocycles. The van der Waals surface area contributed by atoms with Crippen molar-refractivity contribution in [2.45, 2.75) is 52.5 Å². The number of aryl methyl sites for hydroxylation is 1. The second kappa shape index (κ2) is 6.34. The number of rotatable bonds is 7. The van der Waals surface area contributed by atoms with Crippen LogP contribution in [0.3, 0.4) is 0 Å². The zero-order chi connectivity index (χ0) is 16.4. The van der Waals surface area contributed by atoms with E-state index in [1.165, 1.54) is 6.92 Å². The summed E-state index contributed by atoms with van der Waals surface area (Å²) in [4.78, 5) is 38.4. The number of hydrogen-bond donors (Lipinski definition) is 3. The lowest BCUT2D eigenvalue weighted by atomic mass is 10.0. The molecule has 22 heavy (non-hydrogen) atoms. The molecular formula is C16H22N2O4. The normalized spacial score (nSPS) is 15.4. The number of hydrogen-bond acceptors (Lipinski definition) is 3. The number of ketones is 1. The van der Waals surface area contributed by atoms with Gasteiger partial charge in [0.25, 0.3) is 5.91 Å². The van der Waals surface area contributed by atoms with Gasteiger partial charge in [0.1, 0.15) is 11.7 Å². The molecule has 1 atom stereocenters. The van der Waals surface area contributed by atoms with Gasteiger partial charge in [0.05, 0.1) is 0 Å². The lowest BCUT2D eigenvalue weighted by Gasteiger charge is -2.14. The van der Waals surface area contributed by atoms with Gasteiger partial charge in [-0.3, -0.25) is 9.59 Å². The summed E-state index contributed by atoms with van der Waals surface area (Å²) in [6.45, 7) is 5.07. The minimum Gasteiger partial charge on any atom is -0.480 e. The first-order valence-electron chi connectivity index (χ1n) is 7.61. The van der Waals surface area contributed by atoms with Crippen LogP contribution in [0.4, 0.5) is 0 Å². The van der Waals surface area contributed by atoms with Crippen molar-refractivity contribution in [1.29, 1.82) is 0 Å². The summed E-state index contributed by atoms with van der Waals surface area (Å²) in [5.74, 6) is -1.18. The zero-order valence-electron chi connectivity index (χ0n) is 13.2. The van der Waals surface area contributed by atoms with Crippen LogP contribution in [-0.2, 0) is 11.2 Å². The molecule has 1 saturated carbocycles. The van der Waals surface area contributed by atoms with E-state index in [9.17, 15) is 19.5 Å². The van der Waals surface area contributed by atoms with Gasteiger partial charge < -0.3 is 15.4 Å². The summed E-state index contributed by atoms with van der Waals surface area (Å²) in [5, 5.41) is 11.8. The Bertz CT molecular complexity index is 614. The summed E-state index contributed by atoms with van der Waals surface area (Å²) in [5.41, 5.74) is 2.12. The fraction of sp³-hybridized carbons (Fsp3) is 0.562. The molecule has 1 aromatic heterocycles. The minimum atomic E-state index is -1.02. The van der Waals surface area contributed by atoms with Gasteiger partial charge in [-0.15, -0.1) is 0 Å². The Kier molecular flexibility index (Phi) is 4.68. The van der Waals surface area contributed by atoms with E-state index >= 15 is 0 Å². The van der Waals surface area contributed by atoms with E-state index in [-0.39, 0.29) is 5.78 Å². The topological polar surface area (TPSA) is 99.3 Å². The van der Waals surface area contributed by atoms with Crippen LogP contribution in [0.1, 0.15) is 65.2 Å². The molecule has 2 rings (SSSR count). The highest BCUT2D eigenvalue weighted by atomic mass is 16.4. The highest BCUT2D eigenvalue weighted by Crippen LogP contribution is 2.33. The van der Waals surface area contributed by atoms with Crippen LogP contribution in [0.15, 0.2) is 0 Å². The van der Waals surface area contributed by atoms with Crippen molar-refractivity contribution in [2.75, 3.05) is 0 Å². The molecule has 0 aromatic carbocycles. The monoisotopic (exact) mass is 306 g/mol. The van der Waals surface area contributed by atoms with Crippen LogP contribution < -0.4 is 5.32 Å². The highest BCUT2D eigenvalue weighted by molar-refractivity contribution is 6.03. The number of carbonyl (C=O) groups is 3. The number of aromatic amines is 1. The molecule has 6 heteroatoms. The average Bonchev–Trinajstić information content (AvgIpc) is 3.18. The van der Waals surface area contributed by atoms with Crippen molar-refractivity contribution < 1.29 is 19.5 Å². The van der Waals surface area contributed by atoms with E-state index in [0.29, 0.717) is 41.3 Å². The summed E-state index contributed by atoms with van der Waals surface area (Å²) >= 11 is 0. The highest BCUT2D eigenvalue weighted by Gasteiger charge is 2.31. The van der Waals surface area contributed by atoms with E-state index in [0.717, 1.165) is 12.8 Å². The molecule has 1 amide bonds. The van der Waals surface area contributed by atoms with Crippen LogP contribution in [0.2, 0.25) is 0 Å². The molecule has 6 nitrogen and oxygen atoms in total. The largest absolute Gasteiger partial charge is 0.480 e. The summed E-state index contributed by atoms with van der Waals surface area (Å²) in [6.07, 6.45) is 3.04. The van der Waals surface area contributed by atoms with Gasteiger partial charge in [-0.05, 0) is 38.2 Å². The van der Waals surface area contributed by atoms with Crippen molar-refractivity contribution in [3.8, 4) is 0 Å². The predicted molar refractivity (Wildman–Crippen MR) is 81.1 cm³/mol. The molecule has 120 valence electrons. The molecule has 0 bridgehead atoms. The average molecular weight is 306 g/mol. The second-order valence-corrected chi connectivity index (χ2v) is 5.93.